The van der Waals surface area contributed by atoms with Gasteiger partial charge in [0.15, 0.2) is 12.0 Å². The Labute approximate surface area is 137 Å². The largest absolute Gasteiger partial charge is 0.267 e. The summed E-state index contributed by atoms with van der Waals surface area (Å²) in [7, 11) is -4.34. The van der Waals surface area contributed by atoms with E-state index >= 15 is 0 Å². The van der Waals surface area contributed by atoms with Gasteiger partial charge in [-0.05, 0) is 6.42 Å². The van der Waals surface area contributed by atoms with Gasteiger partial charge < -0.3 is 0 Å². The van der Waals surface area contributed by atoms with E-state index in [4.69, 9.17) is 0 Å². The van der Waals surface area contributed by atoms with Gasteiger partial charge in [0.05, 0.1) is 6.04 Å². The molecule has 2 heterocycles. The van der Waals surface area contributed by atoms with Crippen LogP contribution in [0.2, 0.25) is 0 Å². The quantitative estimate of drug-likeness (QED) is 0.832. The highest BCUT2D eigenvalue weighted by molar-refractivity contribution is 7.92. The van der Waals surface area contributed by atoms with E-state index in [0.717, 1.165) is 0 Å². The van der Waals surface area contributed by atoms with E-state index in [-0.39, 0.29) is 12.2 Å². The number of allylic oxidation sites excluding steroid dienone is 4. The number of hydrogen-bond donors (Lipinski definition) is 0. The fourth-order valence-corrected chi connectivity index (χ4v) is 5.04. The van der Waals surface area contributed by atoms with Crippen molar-refractivity contribution in [1.29, 1.82) is 0 Å². The summed E-state index contributed by atoms with van der Waals surface area (Å²) in [6.07, 6.45) is 6.24. The third-order valence-corrected chi connectivity index (χ3v) is 7.03. The third kappa shape index (κ3) is 2.17. The van der Waals surface area contributed by atoms with Gasteiger partial charge in [0.25, 0.3) is 11.1 Å². The first kappa shape index (κ1) is 15.9. The predicted molar refractivity (Wildman–Crippen MR) is 79.1 cm³/mol. The molecule has 2 unspecified atom stereocenters. The SMILES string of the molecule is CC1([C@@H]2C[C@H](F)c3nc(S(=O)(=O)C4CC4(F)F)nn32)C=CC=CC1. The van der Waals surface area contributed by atoms with Crippen molar-refractivity contribution in [1.82, 2.24) is 14.8 Å². The van der Waals surface area contributed by atoms with Crippen LogP contribution in [0.25, 0.3) is 0 Å². The van der Waals surface area contributed by atoms with Crippen LogP contribution in [-0.4, -0.2) is 34.4 Å². The molecule has 0 aromatic carbocycles. The fraction of sp³-hybridized carbons (Fsp3) is 0.600. The van der Waals surface area contributed by atoms with E-state index in [1.807, 2.05) is 31.2 Å². The van der Waals surface area contributed by atoms with Crippen molar-refractivity contribution >= 4 is 9.84 Å². The molecular formula is C15H16F3N3O2S. The molecule has 3 aliphatic rings. The third-order valence-electron chi connectivity index (χ3n) is 5.08. The van der Waals surface area contributed by atoms with E-state index in [1.54, 1.807) is 0 Å². The van der Waals surface area contributed by atoms with Crippen molar-refractivity contribution in [3.8, 4) is 0 Å². The first-order chi connectivity index (χ1) is 11.2. The topological polar surface area (TPSA) is 64.8 Å². The lowest BCUT2D eigenvalue weighted by Gasteiger charge is -2.33. The maximum atomic E-state index is 14.4. The second-order valence-electron chi connectivity index (χ2n) is 6.91. The Hall–Kier alpha value is -1.64. The second kappa shape index (κ2) is 4.71. The van der Waals surface area contributed by atoms with E-state index in [9.17, 15) is 21.6 Å². The lowest BCUT2D eigenvalue weighted by atomic mass is 9.76. The number of halogens is 3. The van der Waals surface area contributed by atoms with Gasteiger partial charge in [0.1, 0.15) is 5.25 Å². The average molecular weight is 359 g/mol. The van der Waals surface area contributed by atoms with Gasteiger partial charge >= 0.3 is 0 Å². The molecule has 4 atom stereocenters. The first-order valence-electron chi connectivity index (χ1n) is 7.72. The molecule has 2 aliphatic carbocycles. The monoisotopic (exact) mass is 359 g/mol. The molecule has 0 spiro atoms. The molecule has 0 radical (unpaired) electrons. The number of fused-ring (bicyclic) bond motifs is 1. The molecule has 5 nitrogen and oxygen atoms in total. The molecule has 9 heteroatoms. The zero-order valence-corrected chi connectivity index (χ0v) is 13.7. The minimum atomic E-state index is -4.34. The molecule has 130 valence electrons. The molecule has 0 amide bonds. The Morgan fingerprint density at radius 2 is 2.04 bits per heavy atom. The van der Waals surface area contributed by atoms with Crippen molar-refractivity contribution in [2.45, 2.75) is 54.7 Å². The van der Waals surface area contributed by atoms with Crippen molar-refractivity contribution in [2.24, 2.45) is 5.41 Å². The van der Waals surface area contributed by atoms with Gasteiger partial charge in [0, 0.05) is 18.3 Å². The van der Waals surface area contributed by atoms with Crippen LogP contribution in [0.15, 0.2) is 29.5 Å². The van der Waals surface area contributed by atoms with Crippen molar-refractivity contribution in [2.75, 3.05) is 0 Å². The Balaban J connectivity index is 1.72. The number of aromatic nitrogens is 3. The van der Waals surface area contributed by atoms with Crippen molar-refractivity contribution < 1.29 is 21.6 Å². The minimum absolute atomic E-state index is 0.0910. The predicted octanol–water partition coefficient (Wildman–Crippen LogP) is 2.94. The van der Waals surface area contributed by atoms with Crippen LogP contribution in [0.5, 0.6) is 0 Å². The maximum absolute atomic E-state index is 14.4. The lowest BCUT2D eigenvalue weighted by Crippen LogP contribution is -2.27. The average Bonchev–Trinajstić information content (AvgIpc) is 2.86. The van der Waals surface area contributed by atoms with Crippen LogP contribution in [0.3, 0.4) is 0 Å². The Morgan fingerprint density at radius 3 is 2.62 bits per heavy atom. The number of hydrogen-bond acceptors (Lipinski definition) is 4. The summed E-state index contributed by atoms with van der Waals surface area (Å²) < 4.78 is 66.4. The summed E-state index contributed by atoms with van der Waals surface area (Å²) in [5, 5.41) is 1.45. The van der Waals surface area contributed by atoms with E-state index in [0.29, 0.717) is 6.42 Å². The Kier molecular flexibility index (Phi) is 3.11. The molecule has 1 fully saturated rings. The summed E-state index contributed by atoms with van der Waals surface area (Å²) in [6, 6.07) is -0.403. The second-order valence-corrected chi connectivity index (χ2v) is 8.94. The molecule has 0 bridgehead atoms. The lowest BCUT2D eigenvalue weighted by molar-refractivity contribution is 0.121. The van der Waals surface area contributed by atoms with E-state index < -0.39 is 50.2 Å². The molecular weight excluding hydrogens is 343 g/mol. The summed E-state index contributed by atoms with van der Waals surface area (Å²) in [5.74, 6) is -3.34. The number of alkyl halides is 3. The molecule has 0 N–H and O–H groups in total. The highest BCUT2D eigenvalue weighted by Crippen LogP contribution is 2.51. The number of rotatable bonds is 3. The van der Waals surface area contributed by atoms with Gasteiger partial charge in [-0.15, -0.1) is 5.10 Å². The molecule has 0 saturated heterocycles. The molecule has 1 aromatic heterocycles. The first-order valence-corrected chi connectivity index (χ1v) is 9.26. The normalized spacial score (nSPS) is 36.8. The van der Waals surface area contributed by atoms with Crippen LogP contribution < -0.4 is 0 Å². The van der Waals surface area contributed by atoms with Crippen molar-refractivity contribution in [3.63, 3.8) is 0 Å². The number of sulfone groups is 1. The van der Waals surface area contributed by atoms with Crippen LogP contribution in [-0.2, 0) is 9.84 Å². The van der Waals surface area contributed by atoms with E-state index in [2.05, 4.69) is 10.1 Å². The molecule has 1 aliphatic heterocycles. The zero-order valence-electron chi connectivity index (χ0n) is 12.9. The fourth-order valence-electron chi connectivity index (χ4n) is 3.47. The van der Waals surface area contributed by atoms with Crippen LogP contribution in [0.1, 0.15) is 44.2 Å². The van der Waals surface area contributed by atoms with Crippen molar-refractivity contribution in [3.05, 3.63) is 30.1 Å². The summed E-state index contributed by atoms with van der Waals surface area (Å²) in [5.41, 5.74) is -0.428. The maximum Gasteiger partial charge on any atom is 0.267 e. The van der Waals surface area contributed by atoms with Crippen LogP contribution in [0.4, 0.5) is 13.2 Å². The molecule has 4 rings (SSSR count). The van der Waals surface area contributed by atoms with Crippen LogP contribution >= 0.6 is 0 Å². The smallest absolute Gasteiger partial charge is 0.242 e. The van der Waals surface area contributed by atoms with E-state index in [1.165, 1.54) is 4.68 Å². The molecule has 24 heavy (non-hydrogen) atoms. The summed E-state index contributed by atoms with van der Waals surface area (Å²) in [6.45, 7) is 1.93. The zero-order chi connectivity index (χ0) is 17.3. The summed E-state index contributed by atoms with van der Waals surface area (Å²) in [4.78, 5) is 3.76. The van der Waals surface area contributed by atoms with Gasteiger partial charge in [-0.2, -0.15) is 4.98 Å². The molecule has 1 aromatic rings. The van der Waals surface area contributed by atoms with Gasteiger partial charge in [-0.25, -0.2) is 26.3 Å². The standard InChI is InChI=1S/C15H16F3N3O2S/c1-14(5-3-2-4-6-14)10-7-9(16)12-19-13(20-21(10)12)24(22,23)11-8-15(11,17)18/h2-5,9-11H,6-8H2,1H3/t9-,10-,11?,14?/m0/s1. The Morgan fingerprint density at radius 1 is 1.33 bits per heavy atom. The molecule has 1 saturated carbocycles. The Bertz CT molecular complexity index is 861. The highest BCUT2D eigenvalue weighted by atomic mass is 32.2. The number of nitrogens with zero attached hydrogens (tertiary/aromatic N) is 3. The van der Waals surface area contributed by atoms with Gasteiger partial charge in [-0.3, -0.25) is 0 Å². The van der Waals surface area contributed by atoms with Crippen LogP contribution in [0, 0.1) is 5.41 Å². The van der Waals surface area contributed by atoms with Gasteiger partial charge in [0.2, 0.25) is 9.84 Å². The summed E-state index contributed by atoms with van der Waals surface area (Å²) >= 11 is 0. The highest BCUT2D eigenvalue weighted by Gasteiger charge is 2.66. The van der Waals surface area contributed by atoms with Gasteiger partial charge in [-0.1, -0.05) is 31.2 Å². The minimum Gasteiger partial charge on any atom is -0.242 e.